The van der Waals surface area contributed by atoms with Gasteiger partial charge in [0.05, 0.1) is 17.6 Å². The van der Waals surface area contributed by atoms with Crippen molar-refractivity contribution in [1.29, 1.82) is 0 Å². The molecule has 0 atom stereocenters. The second kappa shape index (κ2) is 8.55. The summed E-state index contributed by atoms with van der Waals surface area (Å²) in [6.07, 6.45) is 1.55. The van der Waals surface area contributed by atoms with Crippen molar-refractivity contribution in [3.05, 3.63) is 69.4 Å². The van der Waals surface area contributed by atoms with E-state index in [0.29, 0.717) is 29.2 Å². The lowest BCUT2D eigenvalue weighted by Crippen LogP contribution is -2.07. The van der Waals surface area contributed by atoms with E-state index in [2.05, 4.69) is 4.99 Å². The average molecular weight is 396 g/mol. The third-order valence-corrected chi connectivity index (χ3v) is 3.86. The molecule has 1 aliphatic heterocycles. The summed E-state index contributed by atoms with van der Waals surface area (Å²) in [5.74, 6) is 0.560. The highest BCUT2D eigenvalue weighted by molar-refractivity contribution is 6.13. The van der Waals surface area contributed by atoms with Gasteiger partial charge in [-0.1, -0.05) is 12.1 Å². The van der Waals surface area contributed by atoms with Gasteiger partial charge < -0.3 is 14.2 Å². The van der Waals surface area contributed by atoms with E-state index in [1.54, 1.807) is 30.3 Å². The molecule has 0 spiro atoms. The second-order valence-corrected chi connectivity index (χ2v) is 6.45. The second-order valence-electron chi connectivity index (χ2n) is 6.45. The Labute approximate surface area is 167 Å². The first kappa shape index (κ1) is 20.1. The normalized spacial score (nSPS) is 14.7. The monoisotopic (exact) mass is 396 g/mol. The fraction of sp³-hybridized carbons (Fsp3) is 0.238. The molecule has 0 N–H and O–H groups in total. The number of non-ortho nitro benzene ring substituents is 1. The van der Waals surface area contributed by atoms with Crippen molar-refractivity contribution in [3.63, 3.8) is 0 Å². The number of aliphatic imine (C=N–C) groups is 1. The van der Waals surface area contributed by atoms with Gasteiger partial charge in [0, 0.05) is 17.7 Å². The number of nitro benzene ring substituents is 1. The first-order valence-electron chi connectivity index (χ1n) is 9.08. The molecule has 150 valence electrons. The van der Waals surface area contributed by atoms with Crippen LogP contribution in [0, 0.1) is 10.1 Å². The number of cyclic esters (lactones) is 1. The van der Waals surface area contributed by atoms with E-state index in [0.717, 1.165) is 0 Å². The lowest BCUT2D eigenvalue weighted by atomic mass is 10.1. The number of esters is 1. The molecular weight excluding hydrogens is 376 g/mol. The van der Waals surface area contributed by atoms with Crippen molar-refractivity contribution in [2.24, 2.45) is 4.99 Å². The Morgan fingerprint density at radius 1 is 1.21 bits per heavy atom. The van der Waals surface area contributed by atoms with E-state index in [1.165, 1.54) is 18.2 Å². The van der Waals surface area contributed by atoms with Gasteiger partial charge >= 0.3 is 5.97 Å². The van der Waals surface area contributed by atoms with Crippen molar-refractivity contribution in [1.82, 2.24) is 0 Å². The summed E-state index contributed by atoms with van der Waals surface area (Å²) in [6, 6.07) is 11.1. The van der Waals surface area contributed by atoms with Crippen LogP contribution in [0.4, 0.5) is 5.69 Å². The minimum absolute atomic E-state index is 0.00897. The van der Waals surface area contributed by atoms with Crippen LogP contribution in [-0.4, -0.2) is 29.5 Å². The van der Waals surface area contributed by atoms with Gasteiger partial charge in [-0.2, -0.15) is 0 Å². The predicted molar refractivity (Wildman–Crippen MR) is 107 cm³/mol. The number of hydrogen-bond donors (Lipinski definition) is 0. The van der Waals surface area contributed by atoms with E-state index in [-0.39, 0.29) is 23.4 Å². The largest absolute Gasteiger partial charge is 0.490 e. The molecule has 0 saturated heterocycles. The van der Waals surface area contributed by atoms with Crippen LogP contribution in [0.25, 0.3) is 6.08 Å². The molecule has 0 fully saturated rings. The van der Waals surface area contributed by atoms with Crippen molar-refractivity contribution < 1.29 is 23.9 Å². The quantitative estimate of drug-likeness (QED) is 0.302. The van der Waals surface area contributed by atoms with Crippen LogP contribution in [0.2, 0.25) is 0 Å². The molecule has 0 aromatic heterocycles. The van der Waals surface area contributed by atoms with Gasteiger partial charge in [0.1, 0.15) is 0 Å². The number of benzene rings is 2. The van der Waals surface area contributed by atoms with Crippen LogP contribution >= 0.6 is 0 Å². The molecule has 8 heteroatoms. The molecule has 29 heavy (non-hydrogen) atoms. The number of carbonyl (C=O) groups is 1. The smallest absolute Gasteiger partial charge is 0.363 e. The Morgan fingerprint density at radius 3 is 2.69 bits per heavy atom. The molecule has 8 nitrogen and oxygen atoms in total. The van der Waals surface area contributed by atoms with Crippen molar-refractivity contribution in [3.8, 4) is 11.5 Å². The Kier molecular flexibility index (Phi) is 5.92. The summed E-state index contributed by atoms with van der Waals surface area (Å²) in [5, 5.41) is 10.9. The third-order valence-electron chi connectivity index (χ3n) is 3.86. The first-order chi connectivity index (χ1) is 13.9. The first-order valence-corrected chi connectivity index (χ1v) is 9.08. The lowest BCUT2D eigenvalue weighted by molar-refractivity contribution is -0.384. The maximum atomic E-state index is 12.2. The highest BCUT2D eigenvalue weighted by atomic mass is 16.6. The van der Waals surface area contributed by atoms with E-state index < -0.39 is 10.9 Å². The van der Waals surface area contributed by atoms with Crippen LogP contribution in [0.15, 0.2) is 53.2 Å². The molecule has 2 aromatic carbocycles. The summed E-state index contributed by atoms with van der Waals surface area (Å²) < 4.78 is 16.5. The van der Waals surface area contributed by atoms with E-state index in [4.69, 9.17) is 14.2 Å². The van der Waals surface area contributed by atoms with Crippen LogP contribution in [0.5, 0.6) is 11.5 Å². The van der Waals surface area contributed by atoms with Gasteiger partial charge in [-0.25, -0.2) is 9.79 Å². The Morgan fingerprint density at radius 2 is 2.00 bits per heavy atom. The molecule has 0 bridgehead atoms. The van der Waals surface area contributed by atoms with Gasteiger partial charge in [-0.3, -0.25) is 10.1 Å². The summed E-state index contributed by atoms with van der Waals surface area (Å²) in [6.45, 7) is 6.18. The minimum atomic E-state index is -0.632. The maximum absolute atomic E-state index is 12.2. The molecule has 2 aromatic rings. The number of rotatable bonds is 7. The third kappa shape index (κ3) is 4.78. The van der Waals surface area contributed by atoms with Gasteiger partial charge in [0.2, 0.25) is 5.90 Å². The number of nitro groups is 1. The summed E-state index contributed by atoms with van der Waals surface area (Å²) >= 11 is 0. The topological polar surface area (TPSA) is 100 Å². The molecule has 0 aliphatic carbocycles. The van der Waals surface area contributed by atoms with Gasteiger partial charge in [-0.05, 0) is 50.6 Å². The van der Waals surface area contributed by atoms with Crippen LogP contribution in [0.3, 0.4) is 0 Å². The molecule has 1 heterocycles. The molecule has 0 radical (unpaired) electrons. The average Bonchev–Trinajstić information content (AvgIpc) is 3.04. The minimum Gasteiger partial charge on any atom is -0.490 e. The number of ether oxygens (including phenoxy) is 3. The van der Waals surface area contributed by atoms with Gasteiger partial charge in [0.25, 0.3) is 5.69 Å². The van der Waals surface area contributed by atoms with Crippen LogP contribution in [0.1, 0.15) is 31.9 Å². The summed E-state index contributed by atoms with van der Waals surface area (Å²) in [5.41, 5.74) is 1.01. The number of hydrogen-bond acceptors (Lipinski definition) is 7. The zero-order valence-electron chi connectivity index (χ0n) is 16.2. The molecule has 0 saturated carbocycles. The zero-order valence-corrected chi connectivity index (χ0v) is 16.2. The molecule has 3 rings (SSSR count). The lowest BCUT2D eigenvalue weighted by Gasteiger charge is -2.14. The highest BCUT2D eigenvalue weighted by Crippen LogP contribution is 2.31. The summed E-state index contributed by atoms with van der Waals surface area (Å²) in [4.78, 5) is 26.8. The molecular formula is C21H20N2O6. The van der Waals surface area contributed by atoms with Crippen LogP contribution in [-0.2, 0) is 9.53 Å². The van der Waals surface area contributed by atoms with Gasteiger partial charge in [0.15, 0.2) is 17.2 Å². The van der Waals surface area contributed by atoms with Crippen molar-refractivity contribution >= 4 is 23.6 Å². The fourth-order valence-corrected chi connectivity index (χ4v) is 2.68. The van der Waals surface area contributed by atoms with Crippen molar-refractivity contribution in [2.45, 2.75) is 26.9 Å². The van der Waals surface area contributed by atoms with Crippen LogP contribution < -0.4 is 9.47 Å². The predicted octanol–water partition coefficient (Wildman–Crippen LogP) is 4.13. The van der Waals surface area contributed by atoms with Crippen molar-refractivity contribution in [2.75, 3.05) is 6.61 Å². The van der Waals surface area contributed by atoms with Gasteiger partial charge in [-0.15, -0.1) is 0 Å². The standard InChI is InChI=1S/C21H20N2O6/c1-4-27-19-11-14(8-9-18(19)28-13(2)3)10-17-21(24)29-20(22-17)15-6-5-7-16(12-15)23(25)26/h5-13H,4H2,1-3H3/b17-10-. The van der Waals surface area contributed by atoms with E-state index in [9.17, 15) is 14.9 Å². The Bertz CT molecular complexity index is 1010. The number of nitrogens with zero attached hydrogens (tertiary/aromatic N) is 2. The molecule has 1 aliphatic rings. The Balaban J connectivity index is 1.91. The molecule has 0 unspecified atom stereocenters. The highest BCUT2D eigenvalue weighted by Gasteiger charge is 2.25. The van der Waals surface area contributed by atoms with E-state index in [1.807, 2.05) is 20.8 Å². The SMILES string of the molecule is CCOc1cc(/C=C2\N=C(c3cccc([N+](=O)[O-])c3)OC2=O)ccc1OC(C)C. The maximum Gasteiger partial charge on any atom is 0.363 e. The fourth-order valence-electron chi connectivity index (χ4n) is 2.68. The number of carbonyl (C=O) groups excluding carboxylic acids is 1. The zero-order chi connectivity index (χ0) is 21.0. The summed E-state index contributed by atoms with van der Waals surface area (Å²) in [7, 11) is 0. The molecule has 0 amide bonds. The Hall–Kier alpha value is -3.68. The van der Waals surface area contributed by atoms with E-state index >= 15 is 0 Å².